The van der Waals surface area contributed by atoms with Crippen molar-refractivity contribution in [2.24, 2.45) is 0 Å². The van der Waals surface area contributed by atoms with Gasteiger partial charge in [-0.1, -0.05) is 18.0 Å². The average molecular weight is 332 g/mol. The number of nitrogens with one attached hydrogen (secondary N) is 3. The van der Waals surface area contributed by atoms with Crippen LogP contribution < -0.4 is 16.0 Å². The summed E-state index contributed by atoms with van der Waals surface area (Å²) in [6.45, 7) is 2.29. The summed E-state index contributed by atoms with van der Waals surface area (Å²) in [5.41, 5.74) is 1.16. The summed E-state index contributed by atoms with van der Waals surface area (Å²) in [4.78, 5) is 23.0. The third-order valence-electron chi connectivity index (χ3n) is 3.17. The first kappa shape index (κ1) is 17.8. The minimum atomic E-state index is -0.185. The maximum atomic E-state index is 12.1. The zero-order valence-corrected chi connectivity index (χ0v) is 13.3. The summed E-state index contributed by atoms with van der Waals surface area (Å²) in [5, 5.41) is 9.04. The number of rotatable bonds is 3. The Hall–Kier alpha value is -1.30. The third-order valence-corrected chi connectivity index (χ3v) is 3.49. The van der Waals surface area contributed by atoms with Crippen LogP contribution in [-0.4, -0.2) is 24.4 Å². The van der Waals surface area contributed by atoms with E-state index in [4.69, 9.17) is 11.6 Å². The van der Waals surface area contributed by atoms with E-state index in [2.05, 4.69) is 16.0 Å². The molecule has 0 aromatic heterocycles. The quantitative estimate of drug-likeness (QED) is 0.797. The lowest BCUT2D eigenvalue weighted by atomic mass is 10.0. The Labute approximate surface area is 135 Å². The van der Waals surface area contributed by atoms with Gasteiger partial charge in [0.15, 0.2) is 0 Å². The average Bonchev–Trinajstić information content (AvgIpc) is 2.42. The van der Waals surface area contributed by atoms with Gasteiger partial charge in [0.2, 0.25) is 11.8 Å². The Morgan fingerprint density at radius 1 is 1.29 bits per heavy atom. The molecule has 1 saturated heterocycles. The van der Waals surface area contributed by atoms with E-state index in [-0.39, 0.29) is 30.3 Å². The first-order chi connectivity index (χ1) is 9.56. The molecular weight excluding hydrogens is 313 g/mol. The lowest BCUT2D eigenvalue weighted by Crippen LogP contribution is -2.43. The number of piperidine rings is 1. The highest BCUT2D eigenvalue weighted by atomic mass is 35.5. The molecule has 1 heterocycles. The predicted molar refractivity (Wildman–Crippen MR) is 87.3 cm³/mol. The van der Waals surface area contributed by atoms with Crippen LogP contribution in [0.25, 0.3) is 0 Å². The molecule has 1 aliphatic heterocycles. The van der Waals surface area contributed by atoms with Gasteiger partial charge in [0, 0.05) is 12.6 Å². The Balaban J connectivity index is 0.00000220. The smallest absolute Gasteiger partial charge is 0.241 e. The summed E-state index contributed by atoms with van der Waals surface area (Å²) < 4.78 is 0. The van der Waals surface area contributed by atoms with Gasteiger partial charge in [-0.2, -0.15) is 0 Å². The van der Waals surface area contributed by atoms with E-state index in [0.717, 1.165) is 25.8 Å². The second-order valence-electron chi connectivity index (χ2n) is 4.87. The van der Waals surface area contributed by atoms with Crippen molar-refractivity contribution in [3.05, 3.63) is 23.2 Å². The molecule has 1 atom stereocenters. The largest absolute Gasteiger partial charge is 0.325 e. The molecule has 0 saturated carbocycles. The molecule has 2 rings (SSSR count). The Kier molecular flexibility index (Phi) is 6.95. The number of halogens is 2. The molecule has 0 bridgehead atoms. The summed E-state index contributed by atoms with van der Waals surface area (Å²) in [6.07, 6.45) is 3.03. The molecule has 0 spiro atoms. The van der Waals surface area contributed by atoms with Gasteiger partial charge >= 0.3 is 0 Å². The molecule has 1 fully saturated rings. The van der Waals surface area contributed by atoms with Gasteiger partial charge in [-0.25, -0.2) is 0 Å². The highest BCUT2D eigenvalue weighted by Crippen LogP contribution is 2.25. The van der Waals surface area contributed by atoms with Gasteiger partial charge in [0.25, 0.3) is 0 Å². The highest BCUT2D eigenvalue weighted by Gasteiger charge is 2.20. The van der Waals surface area contributed by atoms with Crippen molar-refractivity contribution in [3.63, 3.8) is 0 Å². The van der Waals surface area contributed by atoms with Crippen molar-refractivity contribution in [2.45, 2.75) is 32.2 Å². The van der Waals surface area contributed by atoms with Crippen LogP contribution in [0.4, 0.5) is 11.4 Å². The maximum Gasteiger partial charge on any atom is 0.241 e. The van der Waals surface area contributed by atoms with Gasteiger partial charge in [-0.15, -0.1) is 12.4 Å². The number of anilines is 2. The maximum absolute atomic E-state index is 12.1. The molecule has 1 aromatic rings. The first-order valence-electron chi connectivity index (χ1n) is 6.67. The van der Waals surface area contributed by atoms with Crippen LogP contribution in [0.2, 0.25) is 5.02 Å². The zero-order valence-electron chi connectivity index (χ0n) is 11.7. The van der Waals surface area contributed by atoms with E-state index in [0.29, 0.717) is 16.4 Å². The van der Waals surface area contributed by atoms with Crippen LogP contribution >= 0.6 is 24.0 Å². The number of benzene rings is 1. The molecule has 21 heavy (non-hydrogen) atoms. The van der Waals surface area contributed by atoms with Crippen molar-refractivity contribution in [2.75, 3.05) is 17.2 Å². The molecular formula is C14H19Cl2N3O2. The third kappa shape index (κ3) is 5.19. The summed E-state index contributed by atoms with van der Waals surface area (Å²) >= 11 is 6.06. The zero-order chi connectivity index (χ0) is 14.5. The Morgan fingerprint density at radius 3 is 2.62 bits per heavy atom. The Morgan fingerprint density at radius 2 is 2.05 bits per heavy atom. The first-order valence-corrected chi connectivity index (χ1v) is 7.05. The number of carbonyl (C=O) groups is 2. The van der Waals surface area contributed by atoms with Crippen LogP contribution in [0.3, 0.4) is 0 Å². The van der Waals surface area contributed by atoms with Crippen LogP contribution in [0.5, 0.6) is 0 Å². The van der Waals surface area contributed by atoms with Crippen molar-refractivity contribution in [1.29, 1.82) is 0 Å². The molecule has 1 aliphatic rings. The molecule has 2 amide bonds. The lowest BCUT2D eigenvalue weighted by Gasteiger charge is -2.22. The van der Waals surface area contributed by atoms with Crippen LogP contribution in [0.15, 0.2) is 18.2 Å². The van der Waals surface area contributed by atoms with Gasteiger partial charge < -0.3 is 16.0 Å². The summed E-state index contributed by atoms with van der Waals surface area (Å²) in [6, 6.07) is 4.89. The van der Waals surface area contributed by atoms with E-state index in [1.807, 2.05) is 0 Å². The minimum Gasteiger partial charge on any atom is -0.325 e. The molecule has 116 valence electrons. The number of amides is 2. The van der Waals surface area contributed by atoms with Crippen LogP contribution in [0, 0.1) is 0 Å². The molecule has 1 unspecified atom stereocenters. The normalized spacial score (nSPS) is 17.5. The van der Waals surface area contributed by atoms with Gasteiger partial charge in [0.05, 0.1) is 16.8 Å². The molecule has 0 radical (unpaired) electrons. The fourth-order valence-corrected chi connectivity index (χ4v) is 2.42. The number of hydrogen-bond acceptors (Lipinski definition) is 3. The second-order valence-corrected chi connectivity index (χ2v) is 5.27. The van der Waals surface area contributed by atoms with Crippen LogP contribution in [0.1, 0.15) is 26.2 Å². The molecule has 0 aliphatic carbocycles. The Bertz CT molecular complexity index is 517. The summed E-state index contributed by atoms with van der Waals surface area (Å²) in [7, 11) is 0. The monoisotopic (exact) mass is 331 g/mol. The molecule has 7 heteroatoms. The number of carbonyl (C=O) groups excluding carboxylic acids is 2. The highest BCUT2D eigenvalue weighted by molar-refractivity contribution is 6.34. The lowest BCUT2D eigenvalue weighted by molar-refractivity contribution is -0.118. The topological polar surface area (TPSA) is 70.2 Å². The van der Waals surface area contributed by atoms with Gasteiger partial charge in [0.1, 0.15) is 0 Å². The van der Waals surface area contributed by atoms with Gasteiger partial charge in [-0.3, -0.25) is 9.59 Å². The van der Waals surface area contributed by atoms with E-state index >= 15 is 0 Å². The summed E-state index contributed by atoms with van der Waals surface area (Å²) in [5.74, 6) is -0.233. The van der Waals surface area contributed by atoms with Crippen molar-refractivity contribution in [1.82, 2.24) is 5.32 Å². The fraction of sp³-hybridized carbons (Fsp3) is 0.429. The minimum absolute atomic E-state index is 0. The molecule has 3 N–H and O–H groups in total. The van der Waals surface area contributed by atoms with E-state index in [9.17, 15) is 9.59 Å². The van der Waals surface area contributed by atoms with E-state index in [1.54, 1.807) is 18.2 Å². The molecule has 1 aromatic carbocycles. The van der Waals surface area contributed by atoms with Crippen molar-refractivity contribution < 1.29 is 9.59 Å². The van der Waals surface area contributed by atoms with Crippen molar-refractivity contribution >= 4 is 47.2 Å². The van der Waals surface area contributed by atoms with Gasteiger partial charge in [-0.05, 0) is 37.6 Å². The second kappa shape index (κ2) is 8.22. The molecule has 5 nitrogen and oxygen atoms in total. The fourth-order valence-electron chi connectivity index (χ4n) is 2.19. The number of hydrogen-bond donors (Lipinski definition) is 3. The van der Waals surface area contributed by atoms with Crippen LogP contribution in [-0.2, 0) is 9.59 Å². The van der Waals surface area contributed by atoms with Crippen molar-refractivity contribution in [3.8, 4) is 0 Å². The van der Waals surface area contributed by atoms with E-state index < -0.39 is 0 Å². The predicted octanol–water partition coefficient (Wildman–Crippen LogP) is 2.80. The SMILES string of the molecule is CC(=O)Nc1ccc(NC(=O)C2CCCCN2)cc1Cl.Cl. The van der Waals surface area contributed by atoms with E-state index in [1.165, 1.54) is 6.92 Å². The standard InChI is InChI=1S/C14H18ClN3O2.ClH/c1-9(19)17-12-6-5-10(8-11(12)15)18-14(20)13-4-2-3-7-16-13;/h5-6,8,13,16H,2-4,7H2,1H3,(H,17,19)(H,18,20);1H.